The highest BCUT2D eigenvalue weighted by Crippen LogP contribution is 2.60. The molecule has 3 fully saturated rings. The van der Waals surface area contributed by atoms with Gasteiger partial charge in [-0.05, 0) is 67.3 Å². The van der Waals surface area contributed by atoms with Gasteiger partial charge >= 0.3 is 0 Å². The molecule has 2 N–H and O–H groups in total. The second-order valence-electron chi connectivity index (χ2n) is 10.2. The Hall–Kier alpha value is -1.42. The molecular weight excluding hydrogens is 363 g/mol. The van der Waals surface area contributed by atoms with Crippen molar-refractivity contribution in [3.05, 3.63) is 35.9 Å². The van der Waals surface area contributed by atoms with Gasteiger partial charge < -0.3 is 10.6 Å². The normalized spacial score (nSPS) is 37.3. The Morgan fingerprint density at radius 1 is 1.24 bits per heavy atom. The Kier molecular flexibility index (Phi) is 6.02. The average molecular weight is 401 g/mol. The molecule has 3 nitrogen and oxygen atoms in total. The molecule has 160 valence electrons. The number of hydrogen-bond acceptors (Lipinski definition) is 2. The Labute approximate surface area is 175 Å². The second-order valence-corrected chi connectivity index (χ2v) is 10.2. The Morgan fingerprint density at radius 2 is 2.03 bits per heavy atom. The van der Waals surface area contributed by atoms with Crippen LogP contribution in [0.5, 0.6) is 0 Å². The number of piperidine rings is 1. The van der Waals surface area contributed by atoms with Crippen molar-refractivity contribution in [3.63, 3.8) is 0 Å². The second kappa shape index (κ2) is 8.37. The lowest BCUT2D eigenvalue weighted by atomic mass is 9.49. The van der Waals surface area contributed by atoms with Crippen molar-refractivity contribution in [1.29, 1.82) is 0 Å². The standard InChI is InChI=1S/C25H37FN2O/c1-2-24-12-6-13-25(18-24,20-7-4-3-5-8-20)16-19(15-24)9-10-23(29)28-14-11-22(27)21(26)17-28/h3-5,7-8,19,21-22H,2,6,9-18,27H2,1H3/t19?,21-,22-,24?,25?/m0/s1. The van der Waals surface area contributed by atoms with Crippen LogP contribution in [0.15, 0.2) is 30.3 Å². The van der Waals surface area contributed by atoms with Gasteiger partial charge in [-0.25, -0.2) is 4.39 Å². The molecule has 0 aromatic heterocycles. The van der Waals surface area contributed by atoms with E-state index in [1.807, 2.05) is 0 Å². The highest BCUT2D eigenvalue weighted by atomic mass is 19.1. The minimum atomic E-state index is -1.08. The summed E-state index contributed by atoms with van der Waals surface area (Å²) < 4.78 is 14.0. The summed E-state index contributed by atoms with van der Waals surface area (Å²) in [6.07, 6.45) is 9.90. The first-order chi connectivity index (χ1) is 14.0. The minimum Gasteiger partial charge on any atom is -0.340 e. The van der Waals surface area contributed by atoms with Gasteiger partial charge in [-0.2, -0.15) is 0 Å². The highest BCUT2D eigenvalue weighted by molar-refractivity contribution is 5.76. The lowest BCUT2D eigenvalue weighted by molar-refractivity contribution is -0.134. The van der Waals surface area contributed by atoms with Crippen molar-refractivity contribution in [1.82, 2.24) is 4.90 Å². The summed E-state index contributed by atoms with van der Waals surface area (Å²) in [6.45, 7) is 3.14. The van der Waals surface area contributed by atoms with Crippen LogP contribution in [-0.2, 0) is 10.2 Å². The number of halogens is 1. The predicted octanol–water partition coefficient (Wildman–Crippen LogP) is 4.98. The summed E-state index contributed by atoms with van der Waals surface area (Å²) in [6, 6.07) is 10.7. The van der Waals surface area contributed by atoms with Gasteiger partial charge in [0.1, 0.15) is 6.17 Å². The summed E-state index contributed by atoms with van der Waals surface area (Å²) in [4.78, 5) is 14.5. The maximum absolute atomic E-state index is 14.0. The SMILES string of the molecule is CCC12CCCC(c3ccccc3)(CC(CCC(=O)N3CC[C@H](N)[C@@H](F)C3)C1)C2. The van der Waals surface area contributed by atoms with E-state index in [4.69, 9.17) is 5.73 Å². The summed E-state index contributed by atoms with van der Waals surface area (Å²) in [7, 11) is 0. The Morgan fingerprint density at radius 3 is 2.76 bits per heavy atom. The molecular formula is C25H37FN2O. The highest BCUT2D eigenvalue weighted by Gasteiger charge is 2.50. The third kappa shape index (κ3) is 4.23. The number of rotatable bonds is 5. The van der Waals surface area contributed by atoms with Crippen LogP contribution >= 0.6 is 0 Å². The van der Waals surface area contributed by atoms with Gasteiger partial charge in [0.2, 0.25) is 5.91 Å². The summed E-state index contributed by atoms with van der Waals surface area (Å²) in [5, 5.41) is 0. The number of benzene rings is 1. The molecule has 0 radical (unpaired) electrons. The van der Waals surface area contributed by atoms with Gasteiger partial charge in [-0.1, -0.05) is 50.1 Å². The maximum atomic E-state index is 14.0. The first kappa shape index (κ1) is 20.8. The van der Waals surface area contributed by atoms with Crippen molar-refractivity contribution < 1.29 is 9.18 Å². The molecule has 1 aromatic carbocycles. The maximum Gasteiger partial charge on any atom is 0.222 e. The molecule has 4 rings (SSSR count). The van der Waals surface area contributed by atoms with Gasteiger partial charge in [0.25, 0.3) is 0 Å². The van der Waals surface area contributed by atoms with Gasteiger partial charge in [0, 0.05) is 19.0 Å². The van der Waals surface area contributed by atoms with Crippen LogP contribution in [0.25, 0.3) is 0 Å². The zero-order chi connectivity index (χ0) is 20.5. The van der Waals surface area contributed by atoms with E-state index in [0.717, 1.165) is 6.42 Å². The number of hydrogen-bond donors (Lipinski definition) is 1. The molecule has 5 atom stereocenters. The van der Waals surface area contributed by atoms with E-state index >= 15 is 0 Å². The number of nitrogens with zero attached hydrogens (tertiary/aromatic N) is 1. The third-order valence-corrected chi connectivity index (χ3v) is 8.32. The predicted molar refractivity (Wildman–Crippen MR) is 115 cm³/mol. The fourth-order valence-electron chi connectivity index (χ4n) is 6.72. The van der Waals surface area contributed by atoms with E-state index in [1.54, 1.807) is 4.90 Å². The number of carbonyl (C=O) groups excluding carboxylic acids is 1. The van der Waals surface area contributed by atoms with Crippen LogP contribution in [0.3, 0.4) is 0 Å². The van der Waals surface area contributed by atoms with Crippen molar-refractivity contribution in [2.24, 2.45) is 17.1 Å². The van der Waals surface area contributed by atoms with Crippen molar-refractivity contribution in [2.45, 2.75) is 88.8 Å². The third-order valence-electron chi connectivity index (χ3n) is 8.32. The summed E-state index contributed by atoms with van der Waals surface area (Å²) >= 11 is 0. The number of amides is 1. The number of likely N-dealkylation sites (tertiary alicyclic amines) is 1. The Balaban J connectivity index is 1.44. The van der Waals surface area contributed by atoms with Crippen molar-refractivity contribution >= 4 is 5.91 Å². The first-order valence-corrected chi connectivity index (χ1v) is 11.7. The van der Waals surface area contributed by atoms with E-state index in [-0.39, 0.29) is 17.9 Å². The number of alkyl halides is 1. The molecule has 3 aliphatic rings. The lowest BCUT2D eigenvalue weighted by Gasteiger charge is -2.55. The van der Waals surface area contributed by atoms with Crippen LogP contribution in [0.1, 0.15) is 76.7 Å². The van der Waals surface area contributed by atoms with E-state index in [9.17, 15) is 9.18 Å². The molecule has 1 aromatic rings. The average Bonchev–Trinajstić information content (AvgIpc) is 2.74. The molecule has 1 aliphatic heterocycles. The zero-order valence-electron chi connectivity index (χ0n) is 17.9. The van der Waals surface area contributed by atoms with Gasteiger partial charge in [-0.3, -0.25) is 4.79 Å². The van der Waals surface area contributed by atoms with Crippen LogP contribution in [0, 0.1) is 11.3 Å². The molecule has 1 saturated heterocycles. The van der Waals surface area contributed by atoms with E-state index in [2.05, 4.69) is 37.3 Å². The molecule has 3 unspecified atom stereocenters. The van der Waals surface area contributed by atoms with Crippen molar-refractivity contribution in [2.75, 3.05) is 13.1 Å². The van der Waals surface area contributed by atoms with E-state index in [1.165, 1.54) is 50.5 Å². The van der Waals surface area contributed by atoms with Gasteiger partial charge in [0.05, 0.1) is 6.54 Å². The van der Waals surface area contributed by atoms with Crippen LogP contribution in [0.4, 0.5) is 4.39 Å². The summed E-state index contributed by atoms with van der Waals surface area (Å²) in [5.74, 6) is 0.705. The Bertz CT molecular complexity index is 710. The van der Waals surface area contributed by atoms with Crippen LogP contribution in [-0.4, -0.2) is 36.1 Å². The molecule has 29 heavy (non-hydrogen) atoms. The molecule has 2 bridgehead atoms. The summed E-state index contributed by atoms with van der Waals surface area (Å²) in [5.41, 5.74) is 7.98. The van der Waals surface area contributed by atoms with Crippen molar-refractivity contribution in [3.8, 4) is 0 Å². The number of nitrogens with two attached hydrogens (primary N) is 1. The fraction of sp³-hybridized carbons (Fsp3) is 0.720. The topological polar surface area (TPSA) is 46.3 Å². The number of fused-ring (bicyclic) bond motifs is 2. The van der Waals surface area contributed by atoms with E-state index < -0.39 is 12.2 Å². The molecule has 1 heterocycles. The molecule has 1 amide bonds. The van der Waals surface area contributed by atoms with Crippen LogP contribution in [0.2, 0.25) is 0 Å². The molecule has 2 aliphatic carbocycles. The molecule has 4 heteroatoms. The zero-order valence-corrected chi connectivity index (χ0v) is 17.9. The molecule has 2 saturated carbocycles. The largest absolute Gasteiger partial charge is 0.340 e. The monoisotopic (exact) mass is 400 g/mol. The quantitative estimate of drug-likeness (QED) is 0.757. The van der Waals surface area contributed by atoms with Gasteiger partial charge in [-0.15, -0.1) is 0 Å². The smallest absolute Gasteiger partial charge is 0.222 e. The van der Waals surface area contributed by atoms with E-state index in [0.29, 0.717) is 30.7 Å². The van der Waals surface area contributed by atoms with Crippen LogP contribution < -0.4 is 5.73 Å². The fourth-order valence-corrected chi connectivity index (χ4v) is 6.72. The lowest BCUT2D eigenvalue weighted by Crippen LogP contribution is -2.50. The minimum absolute atomic E-state index is 0.120. The number of carbonyl (C=O) groups is 1. The molecule has 0 spiro atoms. The van der Waals surface area contributed by atoms with Gasteiger partial charge in [0.15, 0.2) is 0 Å². The first-order valence-electron chi connectivity index (χ1n) is 11.7.